The zero-order chi connectivity index (χ0) is 28.8. The quantitative estimate of drug-likeness (QED) is 0.352. The third-order valence-electron chi connectivity index (χ3n) is 6.16. The maximum absolute atomic E-state index is 14.0. The smallest absolute Gasteiger partial charge is 0.408 e. The molecule has 0 unspecified atom stereocenters. The van der Waals surface area contributed by atoms with Gasteiger partial charge in [0.1, 0.15) is 17.7 Å². The van der Waals surface area contributed by atoms with Gasteiger partial charge in [0.2, 0.25) is 11.8 Å². The Balaban J connectivity index is 1.73. The maximum atomic E-state index is 14.0. The summed E-state index contributed by atoms with van der Waals surface area (Å²) in [6, 6.07) is 13.9. The molecule has 0 spiro atoms. The van der Waals surface area contributed by atoms with Crippen LogP contribution in [0.25, 0.3) is 0 Å². The SMILES string of the molecule is CC(C)(C)OC(=O)N[C@@H](Cc1ccccc1)C(=O)N1[C@H](C(=O)NCCc2ccc([N+](=O)[O-])cc2)CSC1(C)C. The molecule has 3 rings (SSSR count). The van der Waals surface area contributed by atoms with Crippen molar-refractivity contribution in [3.63, 3.8) is 0 Å². The highest BCUT2D eigenvalue weighted by Crippen LogP contribution is 2.39. The molecule has 2 N–H and O–H groups in total. The van der Waals surface area contributed by atoms with Crippen molar-refractivity contribution in [2.45, 2.75) is 70.0 Å². The van der Waals surface area contributed by atoms with E-state index in [1.165, 1.54) is 23.9 Å². The van der Waals surface area contributed by atoms with Crippen molar-refractivity contribution < 1.29 is 24.0 Å². The first-order valence-electron chi connectivity index (χ1n) is 12.8. The summed E-state index contributed by atoms with van der Waals surface area (Å²) >= 11 is 1.50. The van der Waals surface area contributed by atoms with Gasteiger partial charge in [-0.15, -0.1) is 11.8 Å². The zero-order valence-electron chi connectivity index (χ0n) is 22.9. The number of carbonyl (C=O) groups is 3. The van der Waals surface area contributed by atoms with Gasteiger partial charge in [-0.3, -0.25) is 19.7 Å². The van der Waals surface area contributed by atoms with Gasteiger partial charge in [-0.05, 0) is 52.2 Å². The molecule has 1 fully saturated rings. The fourth-order valence-corrected chi connectivity index (χ4v) is 5.54. The minimum absolute atomic E-state index is 0.00667. The zero-order valence-corrected chi connectivity index (χ0v) is 23.7. The summed E-state index contributed by atoms with van der Waals surface area (Å²) in [7, 11) is 0. The van der Waals surface area contributed by atoms with Crippen LogP contribution in [0.1, 0.15) is 45.7 Å². The van der Waals surface area contributed by atoms with Crippen LogP contribution >= 0.6 is 11.8 Å². The normalized spacial score (nSPS) is 17.3. The summed E-state index contributed by atoms with van der Waals surface area (Å²) in [4.78, 5) is 51.2. The third kappa shape index (κ3) is 8.44. The van der Waals surface area contributed by atoms with E-state index < -0.39 is 33.6 Å². The van der Waals surface area contributed by atoms with Crippen LogP contribution in [0.3, 0.4) is 0 Å². The molecule has 0 saturated carbocycles. The summed E-state index contributed by atoms with van der Waals surface area (Å²) in [6.45, 7) is 9.32. The molecule has 3 amide bonds. The summed E-state index contributed by atoms with van der Waals surface area (Å²) in [5.41, 5.74) is 0.978. The number of thioether (sulfide) groups is 1. The van der Waals surface area contributed by atoms with Gasteiger partial charge in [-0.2, -0.15) is 0 Å². The molecule has 0 aromatic heterocycles. The number of amides is 3. The Kier molecular flexibility index (Phi) is 9.60. The number of non-ortho nitro benzene ring substituents is 1. The van der Waals surface area contributed by atoms with Gasteiger partial charge in [0.05, 0.1) is 9.79 Å². The van der Waals surface area contributed by atoms with E-state index in [0.717, 1.165) is 11.1 Å². The molecule has 1 aliphatic heterocycles. The predicted octanol–water partition coefficient (Wildman–Crippen LogP) is 4.07. The lowest BCUT2D eigenvalue weighted by Crippen LogP contribution is -2.59. The fourth-order valence-electron chi connectivity index (χ4n) is 4.31. The largest absolute Gasteiger partial charge is 0.444 e. The van der Waals surface area contributed by atoms with Gasteiger partial charge < -0.3 is 20.3 Å². The van der Waals surface area contributed by atoms with Crippen molar-refractivity contribution in [1.29, 1.82) is 0 Å². The number of carbonyl (C=O) groups excluding carboxylic acids is 3. The van der Waals surface area contributed by atoms with Gasteiger partial charge in [-0.1, -0.05) is 42.5 Å². The van der Waals surface area contributed by atoms with E-state index in [0.29, 0.717) is 18.7 Å². The van der Waals surface area contributed by atoms with Gasteiger partial charge in [0, 0.05) is 30.9 Å². The average molecular weight is 557 g/mol. The molecule has 2 aromatic carbocycles. The molecule has 39 heavy (non-hydrogen) atoms. The number of ether oxygens (including phenoxy) is 1. The van der Waals surface area contributed by atoms with Gasteiger partial charge in [0.25, 0.3) is 5.69 Å². The minimum Gasteiger partial charge on any atom is -0.444 e. The first kappa shape index (κ1) is 29.9. The lowest BCUT2D eigenvalue weighted by atomic mass is 10.0. The molecule has 0 aliphatic carbocycles. The van der Waals surface area contributed by atoms with Crippen molar-refractivity contribution in [2.24, 2.45) is 0 Å². The van der Waals surface area contributed by atoms with Gasteiger partial charge in [0.15, 0.2) is 0 Å². The Labute approximate surface area is 233 Å². The molecule has 210 valence electrons. The Bertz CT molecular complexity index is 1180. The number of hydrogen-bond acceptors (Lipinski definition) is 7. The Morgan fingerprint density at radius 3 is 2.33 bits per heavy atom. The number of alkyl carbamates (subject to hydrolysis) is 1. The van der Waals surface area contributed by atoms with Crippen LogP contribution in [0.4, 0.5) is 10.5 Å². The van der Waals surface area contributed by atoms with Crippen LogP contribution in [0.5, 0.6) is 0 Å². The van der Waals surface area contributed by atoms with E-state index >= 15 is 0 Å². The highest BCUT2D eigenvalue weighted by Gasteiger charge is 2.48. The number of nitrogens with zero attached hydrogens (tertiary/aromatic N) is 2. The second-order valence-electron chi connectivity index (χ2n) is 10.8. The van der Waals surface area contributed by atoms with E-state index in [2.05, 4.69) is 10.6 Å². The lowest BCUT2D eigenvalue weighted by Gasteiger charge is -2.37. The molecule has 10 nitrogen and oxygen atoms in total. The highest BCUT2D eigenvalue weighted by atomic mass is 32.2. The predicted molar refractivity (Wildman–Crippen MR) is 150 cm³/mol. The van der Waals surface area contributed by atoms with Crippen LogP contribution in [0, 0.1) is 10.1 Å². The van der Waals surface area contributed by atoms with Gasteiger partial charge in [-0.25, -0.2) is 4.79 Å². The van der Waals surface area contributed by atoms with Crippen LogP contribution in [0.15, 0.2) is 54.6 Å². The Morgan fingerprint density at radius 2 is 1.74 bits per heavy atom. The molecule has 1 saturated heterocycles. The van der Waals surface area contributed by atoms with Crippen molar-refractivity contribution in [2.75, 3.05) is 12.3 Å². The van der Waals surface area contributed by atoms with Crippen molar-refractivity contribution >= 4 is 35.4 Å². The lowest BCUT2D eigenvalue weighted by molar-refractivity contribution is -0.384. The average Bonchev–Trinajstić information content (AvgIpc) is 3.17. The number of nitro benzene ring substituents is 1. The first-order valence-corrected chi connectivity index (χ1v) is 13.8. The molecular weight excluding hydrogens is 520 g/mol. The van der Waals surface area contributed by atoms with Crippen molar-refractivity contribution in [1.82, 2.24) is 15.5 Å². The summed E-state index contributed by atoms with van der Waals surface area (Å²) in [5, 5.41) is 16.5. The number of benzene rings is 2. The summed E-state index contributed by atoms with van der Waals surface area (Å²) in [5.74, 6) is -0.249. The van der Waals surface area contributed by atoms with E-state index in [1.54, 1.807) is 37.8 Å². The van der Waals surface area contributed by atoms with Crippen LogP contribution < -0.4 is 10.6 Å². The Hall–Kier alpha value is -3.60. The number of nitrogens with one attached hydrogen (secondary N) is 2. The van der Waals surface area contributed by atoms with E-state index in [4.69, 9.17) is 4.74 Å². The second-order valence-corrected chi connectivity index (χ2v) is 12.5. The minimum atomic E-state index is -0.935. The van der Waals surface area contributed by atoms with Crippen LogP contribution in [-0.4, -0.2) is 62.6 Å². The fraction of sp³-hybridized carbons (Fsp3) is 0.464. The molecule has 1 aliphatic rings. The topological polar surface area (TPSA) is 131 Å². The van der Waals surface area contributed by atoms with E-state index in [-0.39, 0.29) is 23.9 Å². The second kappa shape index (κ2) is 12.5. The first-order chi connectivity index (χ1) is 18.3. The highest BCUT2D eigenvalue weighted by molar-refractivity contribution is 8.00. The molecular formula is C28H36N4O6S. The monoisotopic (exact) mass is 556 g/mol. The van der Waals surface area contributed by atoms with E-state index in [1.807, 2.05) is 44.2 Å². The van der Waals surface area contributed by atoms with Crippen LogP contribution in [0.2, 0.25) is 0 Å². The standard InChI is InChI=1S/C28H36N4O6S/c1-27(2,3)38-26(35)30-22(17-20-9-7-6-8-10-20)25(34)31-23(18-39-28(31,4)5)24(33)29-16-15-19-11-13-21(14-12-19)32(36)37/h6-14,22-23H,15-18H2,1-5H3,(H,29,33)(H,30,35)/t22-,23-/m0/s1. The maximum Gasteiger partial charge on any atom is 0.408 e. The summed E-state index contributed by atoms with van der Waals surface area (Å²) in [6.07, 6.45) is 0.0214. The number of hydrogen-bond donors (Lipinski definition) is 2. The summed E-state index contributed by atoms with van der Waals surface area (Å²) < 4.78 is 5.42. The van der Waals surface area contributed by atoms with Crippen LogP contribution in [-0.2, 0) is 27.2 Å². The molecule has 2 atom stereocenters. The molecule has 11 heteroatoms. The van der Waals surface area contributed by atoms with Crippen molar-refractivity contribution in [3.8, 4) is 0 Å². The third-order valence-corrected chi connectivity index (χ3v) is 7.54. The van der Waals surface area contributed by atoms with Gasteiger partial charge >= 0.3 is 6.09 Å². The van der Waals surface area contributed by atoms with Crippen molar-refractivity contribution in [3.05, 3.63) is 75.8 Å². The molecule has 1 heterocycles. The molecule has 0 bridgehead atoms. The molecule has 2 aromatic rings. The number of rotatable bonds is 9. The Morgan fingerprint density at radius 1 is 1.10 bits per heavy atom. The number of nitro groups is 1. The van der Waals surface area contributed by atoms with E-state index in [9.17, 15) is 24.5 Å². The molecule has 0 radical (unpaired) electrons.